The normalized spacial score (nSPS) is 12.4. The molecule has 2 aromatic heterocycles. The molecule has 6 heteroatoms. The lowest BCUT2D eigenvalue weighted by atomic mass is 9.95. The Labute approximate surface area is 164 Å². The van der Waals surface area contributed by atoms with Crippen molar-refractivity contribution in [2.24, 2.45) is 5.41 Å². The number of halogens is 1. The fourth-order valence-corrected chi connectivity index (χ4v) is 2.94. The maximum atomic E-state index is 12.6. The molecule has 0 spiro atoms. The van der Waals surface area contributed by atoms with E-state index < -0.39 is 5.41 Å². The number of hydrogen-bond acceptors (Lipinski definition) is 3. The van der Waals surface area contributed by atoms with E-state index in [2.05, 4.69) is 46.8 Å². The van der Waals surface area contributed by atoms with Crippen LogP contribution in [0.2, 0.25) is 5.02 Å². The summed E-state index contributed by atoms with van der Waals surface area (Å²) in [4.78, 5) is 21.5. The number of carbonyl (C=O) groups excluding carboxylic acids is 1. The second kappa shape index (κ2) is 6.64. The minimum absolute atomic E-state index is 0.0898. The van der Waals surface area contributed by atoms with Crippen molar-refractivity contribution in [1.82, 2.24) is 14.5 Å². The fourth-order valence-electron chi connectivity index (χ4n) is 2.81. The van der Waals surface area contributed by atoms with Crippen molar-refractivity contribution in [3.8, 4) is 11.1 Å². The van der Waals surface area contributed by atoms with Gasteiger partial charge in [0.05, 0.1) is 5.39 Å². The van der Waals surface area contributed by atoms with Crippen molar-refractivity contribution in [3.05, 3.63) is 41.8 Å². The van der Waals surface area contributed by atoms with Gasteiger partial charge in [-0.05, 0) is 38.5 Å². The molecular formula is C21H25ClN4O. The van der Waals surface area contributed by atoms with Gasteiger partial charge in [-0.1, -0.05) is 44.5 Å². The van der Waals surface area contributed by atoms with Crippen LogP contribution in [0.15, 0.2) is 36.8 Å². The van der Waals surface area contributed by atoms with Crippen LogP contribution < -0.4 is 5.32 Å². The number of fused-ring (bicyclic) bond motifs is 1. The van der Waals surface area contributed by atoms with Gasteiger partial charge in [0.15, 0.2) is 0 Å². The lowest BCUT2D eigenvalue weighted by molar-refractivity contribution is -0.123. The van der Waals surface area contributed by atoms with E-state index in [4.69, 9.17) is 11.6 Å². The molecule has 0 saturated carbocycles. The molecule has 0 atom stereocenters. The van der Waals surface area contributed by atoms with Gasteiger partial charge in [0.25, 0.3) is 0 Å². The van der Waals surface area contributed by atoms with E-state index in [0.717, 1.165) is 22.2 Å². The molecule has 0 fully saturated rings. The van der Waals surface area contributed by atoms with Gasteiger partial charge in [0, 0.05) is 27.7 Å². The van der Waals surface area contributed by atoms with Crippen LogP contribution in [0.25, 0.3) is 22.2 Å². The highest BCUT2D eigenvalue weighted by Crippen LogP contribution is 2.37. The number of nitrogens with one attached hydrogen (secondary N) is 1. The summed E-state index contributed by atoms with van der Waals surface area (Å²) in [6, 6.07) is 7.64. The standard InChI is InChI=1S/C21H25ClN4O/c1-20(2,3)19(27)25-17-16-15(13-7-9-14(22)10-8-13)11-26(21(4,5)6)18(16)24-12-23-17/h7-12H,1-6H3,(H,23,24,25,27). The second-order valence-corrected chi connectivity index (χ2v) is 9.15. The van der Waals surface area contributed by atoms with E-state index >= 15 is 0 Å². The molecule has 0 bridgehead atoms. The third-order valence-electron chi connectivity index (χ3n) is 4.37. The Hall–Kier alpha value is -2.40. The van der Waals surface area contributed by atoms with Crippen molar-refractivity contribution in [2.75, 3.05) is 5.32 Å². The van der Waals surface area contributed by atoms with Gasteiger partial charge in [-0.25, -0.2) is 9.97 Å². The largest absolute Gasteiger partial charge is 0.326 e. The van der Waals surface area contributed by atoms with Crippen LogP contribution in [0.3, 0.4) is 0 Å². The molecule has 1 N–H and O–H groups in total. The minimum atomic E-state index is -0.524. The third-order valence-corrected chi connectivity index (χ3v) is 4.63. The maximum absolute atomic E-state index is 12.6. The highest BCUT2D eigenvalue weighted by atomic mass is 35.5. The predicted octanol–water partition coefficient (Wildman–Crippen LogP) is 5.49. The molecule has 0 unspecified atom stereocenters. The highest BCUT2D eigenvalue weighted by molar-refractivity contribution is 6.30. The summed E-state index contributed by atoms with van der Waals surface area (Å²) in [7, 11) is 0. The smallest absolute Gasteiger partial charge is 0.230 e. The number of benzene rings is 1. The lowest BCUT2D eigenvalue weighted by Crippen LogP contribution is -2.28. The number of nitrogens with zero attached hydrogens (tertiary/aromatic N) is 3. The average Bonchev–Trinajstić information content (AvgIpc) is 2.95. The molecule has 3 aromatic rings. The Morgan fingerprint density at radius 2 is 1.67 bits per heavy atom. The molecule has 142 valence electrons. The summed E-state index contributed by atoms with van der Waals surface area (Å²) < 4.78 is 2.11. The summed E-state index contributed by atoms with van der Waals surface area (Å²) in [5.74, 6) is 0.431. The first-order valence-corrected chi connectivity index (χ1v) is 9.30. The molecule has 3 rings (SSSR count). The molecule has 1 amide bonds. The Morgan fingerprint density at radius 3 is 2.22 bits per heavy atom. The van der Waals surface area contributed by atoms with E-state index in [-0.39, 0.29) is 11.4 Å². The molecule has 0 saturated heterocycles. The second-order valence-electron chi connectivity index (χ2n) is 8.72. The Balaban J connectivity index is 2.27. The molecular weight excluding hydrogens is 360 g/mol. The topological polar surface area (TPSA) is 59.8 Å². The Bertz CT molecular complexity index is 992. The van der Waals surface area contributed by atoms with Crippen LogP contribution in [0.1, 0.15) is 41.5 Å². The molecule has 0 radical (unpaired) electrons. The van der Waals surface area contributed by atoms with Crippen molar-refractivity contribution in [1.29, 1.82) is 0 Å². The average molecular weight is 385 g/mol. The lowest BCUT2D eigenvalue weighted by Gasteiger charge is -2.22. The summed E-state index contributed by atoms with van der Waals surface area (Å²) in [5.41, 5.74) is 2.04. The summed E-state index contributed by atoms with van der Waals surface area (Å²) >= 11 is 6.06. The number of carbonyl (C=O) groups is 1. The highest BCUT2D eigenvalue weighted by Gasteiger charge is 2.26. The van der Waals surface area contributed by atoms with Gasteiger partial charge >= 0.3 is 0 Å². The van der Waals surface area contributed by atoms with Crippen LogP contribution in [0.5, 0.6) is 0 Å². The number of hydrogen-bond donors (Lipinski definition) is 1. The van der Waals surface area contributed by atoms with Crippen molar-refractivity contribution in [3.63, 3.8) is 0 Å². The monoisotopic (exact) mass is 384 g/mol. The summed E-state index contributed by atoms with van der Waals surface area (Å²) in [6.07, 6.45) is 3.56. The SMILES string of the molecule is CC(C)(C)C(=O)Nc1ncnc2c1c(-c1ccc(Cl)cc1)cn2C(C)(C)C. The zero-order valence-corrected chi connectivity index (χ0v) is 17.3. The van der Waals surface area contributed by atoms with Crippen molar-refractivity contribution >= 4 is 34.4 Å². The van der Waals surface area contributed by atoms with Crippen LogP contribution in [0, 0.1) is 5.41 Å². The first kappa shape index (κ1) is 19.4. The van der Waals surface area contributed by atoms with Crippen LogP contribution in [-0.4, -0.2) is 20.4 Å². The molecule has 0 aliphatic carbocycles. The zero-order chi connectivity index (χ0) is 20.0. The van der Waals surface area contributed by atoms with Gasteiger partial charge < -0.3 is 9.88 Å². The molecule has 27 heavy (non-hydrogen) atoms. The molecule has 0 aliphatic heterocycles. The molecule has 5 nitrogen and oxygen atoms in total. The van der Waals surface area contributed by atoms with E-state index in [1.165, 1.54) is 6.33 Å². The molecule has 2 heterocycles. The minimum Gasteiger partial charge on any atom is -0.326 e. The van der Waals surface area contributed by atoms with Crippen LogP contribution >= 0.6 is 11.6 Å². The third kappa shape index (κ3) is 3.83. The van der Waals surface area contributed by atoms with E-state index in [1.807, 2.05) is 45.0 Å². The first-order valence-electron chi connectivity index (χ1n) is 8.92. The van der Waals surface area contributed by atoms with E-state index in [0.29, 0.717) is 10.8 Å². The van der Waals surface area contributed by atoms with Gasteiger partial charge in [-0.3, -0.25) is 4.79 Å². The zero-order valence-electron chi connectivity index (χ0n) is 16.6. The fraction of sp³-hybridized carbons (Fsp3) is 0.381. The maximum Gasteiger partial charge on any atom is 0.230 e. The first-order chi connectivity index (χ1) is 12.5. The van der Waals surface area contributed by atoms with E-state index in [1.54, 1.807) is 0 Å². The van der Waals surface area contributed by atoms with Gasteiger partial charge in [0.1, 0.15) is 17.8 Å². The van der Waals surface area contributed by atoms with Gasteiger partial charge in [0.2, 0.25) is 5.91 Å². The Kier molecular flexibility index (Phi) is 4.76. The van der Waals surface area contributed by atoms with Gasteiger partial charge in [-0.15, -0.1) is 0 Å². The number of rotatable bonds is 2. The summed E-state index contributed by atoms with van der Waals surface area (Å²) in [6.45, 7) is 12.0. The Morgan fingerprint density at radius 1 is 1.04 bits per heavy atom. The quantitative estimate of drug-likeness (QED) is 0.635. The van der Waals surface area contributed by atoms with Gasteiger partial charge in [-0.2, -0.15) is 0 Å². The number of aromatic nitrogens is 3. The summed E-state index contributed by atoms with van der Waals surface area (Å²) in [5, 5.41) is 4.48. The van der Waals surface area contributed by atoms with Crippen LogP contribution in [0.4, 0.5) is 5.82 Å². The van der Waals surface area contributed by atoms with Crippen molar-refractivity contribution < 1.29 is 4.79 Å². The van der Waals surface area contributed by atoms with E-state index in [9.17, 15) is 4.79 Å². The number of amides is 1. The number of anilines is 1. The predicted molar refractivity (Wildman–Crippen MR) is 111 cm³/mol. The van der Waals surface area contributed by atoms with Crippen LogP contribution in [-0.2, 0) is 10.3 Å². The van der Waals surface area contributed by atoms with Crippen molar-refractivity contribution in [2.45, 2.75) is 47.1 Å². The molecule has 0 aliphatic rings. The molecule has 1 aromatic carbocycles.